The number of ether oxygens (including phenoxy) is 1. The van der Waals surface area contributed by atoms with E-state index in [0.717, 1.165) is 22.9 Å². The first-order valence-electron chi connectivity index (χ1n) is 7.37. The van der Waals surface area contributed by atoms with E-state index in [2.05, 4.69) is 10.3 Å². The fraction of sp³-hybridized carbons (Fsp3) is 0.438. The number of H-pyrrole nitrogens is 1. The number of carbonyl (C=O) groups excluding carboxylic acids is 1. The van der Waals surface area contributed by atoms with Gasteiger partial charge in [0.1, 0.15) is 0 Å². The normalized spacial score (nSPS) is 23.3. The maximum absolute atomic E-state index is 12.2. The molecule has 3 rings (SSSR count). The van der Waals surface area contributed by atoms with E-state index in [1.54, 1.807) is 0 Å². The van der Waals surface area contributed by atoms with Gasteiger partial charge in [-0.25, -0.2) is 0 Å². The Morgan fingerprint density at radius 3 is 3.10 bits per heavy atom. The molecule has 2 unspecified atom stereocenters. The molecule has 0 spiro atoms. The molecule has 1 aliphatic heterocycles. The summed E-state index contributed by atoms with van der Waals surface area (Å²) < 4.78 is 5.45. The van der Waals surface area contributed by atoms with E-state index < -0.39 is 6.04 Å². The van der Waals surface area contributed by atoms with Gasteiger partial charge in [0, 0.05) is 23.7 Å². The third-order valence-electron chi connectivity index (χ3n) is 4.16. The maximum Gasteiger partial charge on any atom is 0.237 e. The lowest BCUT2D eigenvalue weighted by Gasteiger charge is -2.19. The second-order valence-electron chi connectivity index (χ2n) is 5.65. The van der Waals surface area contributed by atoms with Gasteiger partial charge in [0.15, 0.2) is 0 Å². The van der Waals surface area contributed by atoms with Crippen LogP contribution in [0.4, 0.5) is 0 Å². The molecule has 1 aliphatic rings. The van der Waals surface area contributed by atoms with E-state index in [4.69, 9.17) is 10.5 Å². The zero-order chi connectivity index (χ0) is 14.8. The van der Waals surface area contributed by atoms with Crippen molar-refractivity contribution in [2.24, 2.45) is 5.73 Å². The van der Waals surface area contributed by atoms with Crippen LogP contribution < -0.4 is 11.1 Å². The van der Waals surface area contributed by atoms with Crippen molar-refractivity contribution in [3.05, 3.63) is 36.0 Å². The summed E-state index contributed by atoms with van der Waals surface area (Å²) >= 11 is 0. The highest BCUT2D eigenvalue weighted by atomic mass is 16.5. The Hall–Kier alpha value is -1.85. The van der Waals surface area contributed by atoms with Gasteiger partial charge in [0.05, 0.1) is 18.2 Å². The molecule has 0 aliphatic carbocycles. The number of nitrogens with two attached hydrogens (primary N) is 1. The van der Waals surface area contributed by atoms with Crippen LogP contribution in [0.5, 0.6) is 0 Å². The van der Waals surface area contributed by atoms with Crippen molar-refractivity contribution in [2.75, 3.05) is 6.61 Å². The molecule has 0 bridgehead atoms. The van der Waals surface area contributed by atoms with Crippen LogP contribution in [-0.2, 0) is 16.0 Å². The van der Waals surface area contributed by atoms with Crippen molar-refractivity contribution in [3.63, 3.8) is 0 Å². The minimum absolute atomic E-state index is 0.0641. The molecule has 21 heavy (non-hydrogen) atoms. The van der Waals surface area contributed by atoms with E-state index in [1.165, 1.54) is 0 Å². The van der Waals surface area contributed by atoms with Crippen molar-refractivity contribution in [3.8, 4) is 0 Å². The number of fused-ring (bicyclic) bond motifs is 1. The average molecular weight is 287 g/mol. The molecule has 4 N–H and O–H groups in total. The molecule has 2 aromatic rings. The molecule has 0 radical (unpaired) electrons. The summed E-state index contributed by atoms with van der Waals surface area (Å²) in [5.41, 5.74) is 8.20. The fourth-order valence-corrected chi connectivity index (χ4v) is 2.84. The van der Waals surface area contributed by atoms with Crippen molar-refractivity contribution >= 4 is 16.8 Å². The highest BCUT2D eigenvalue weighted by Crippen LogP contribution is 2.19. The zero-order valence-electron chi connectivity index (χ0n) is 12.1. The molecule has 0 saturated carbocycles. The van der Waals surface area contributed by atoms with E-state index >= 15 is 0 Å². The lowest BCUT2D eigenvalue weighted by molar-refractivity contribution is -0.123. The summed E-state index contributed by atoms with van der Waals surface area (Å²) in [6.07, 6.45) is 3.37. The smallest absolute Gasteiger partial charge is 0.237 e. The molecule has 112 valence electrons. The minimum atomic E-state index is -0.544. The Balaban J connectivity index is 1.65. The summed E-state index contributed by atoms with van der Waals surface area (Å²) in [4.78, 5) is 15.4. The van der Waals surface area contributed by atoms with Gasteiger partial charge in [-0.15, -0.1) is 0 Å². The molecule has 2 heterocycles. The highest BCUT2D eigenvalue weighted by molar-refractivity contribution is 5.86. The SMILES string of the molecule is CC1OCCC1NC(=O)[C@H](N)Cc1c[nH]c2ccccc12. The van der Waals surface area contributed by atoms with Crippen LogP contribution in [0, 0.1) is 0 Å². The molecule has 5 nitrogen and oxygen atoms in total. The van der Waals surface area contributed by atoms with Gasteiger partial charge in [-0.1, -0.05) is 18.2 Å². The number of nitrogens with one attached hydrogen (secondary N) is 2. The molecular weight excluding hydrogens is 266 g/mol. The summed E-state index contributed by atoms with van der Waals surface area (Å²) in [6.45, 7) is 2.67. The first-order valence-corrected chi connectivity index (χ1v) is 7.37. The summed E-state index contributed by atoms with van der Waals surface area (Å²) in [6, 6.07) is 7.56. The zero-order valence-corrected chi connectivity index (χ0v) is 12.1. The van der Waals surface area contributed by atoms with Crippen LogP contribution in [-0.4, -0.2) is 35.7 Å². The van der Waals surface area contributed by atoms with E-state index in [1.807, 2.05) is 37.4 Å². The monoisotopic (exact) mass is 287 g/mol. The molecule has 1 amide bonds. The molecule has 1 aromatic carbocycles. The van der Waals surface area contributed by atoms with Crippen molar-refractivity contribution in [1.82, 2.24) is 10.3 Å². The number of para-hydroxylation sites is 1. The number of amides is 1. The number of aromatic amines is 1. The van der Waals surface area contributed by atoms with Crippen LogP contribution in [0.25, 0.3) is 10.9 Å². The number of hydrogen-bond donors (Lipinski definition) is 3. The van der Waals surface area contributed by atoms with E-state index in [-0.39, 0.29) is 18.1 Å². The molecule has 1 saturated heterocycles. The first-order chi connectivity index (χ1) is 10.1. The Kier molecular flexibility index (Phi) is 3.94. The Bertz CT molecular complexity index is 637. The third kappa shape index (κ3) is 2.94. The van der Waals surface area contributed by atoms with Crippen LogP contribution in [0.15, 0.2) is 30.5 Å². The highest BCUT2D eigenvalue weighted by Gasteiger charge is 2.27. The standard InChI is InChI=1S/C16H21N3O2/c1-10-14(6-7-21-10)19-16(20)13(17)8-11-9-18-15-5-3-2-4-12(11)15/h2-5,9-10,13-14,18H,6-8,17H2,1H3,(H,19,20)/t10?,13-,14?/m1/s1. The summed E-state index contributed by atoms with van der Waals surface area (Å²) in [5, 5.41) is 4.11. The Labute approximate surface area is 123 Å². The van der Waals surface area contributed by atoms with Gasteiger partial charge >= 0.3 is 0 Å². The lowest BCUT2D eigenvalue weighted by Crippen LogP contribution is -2.48. The van der Waals surface area contributed by atoms with Gasteiger partial charge in [0.25, 0.3) is 0 Å². The second kappa shape index (κ2) is 5.87. The molecule has 5 heteroatoms. The molecule has 1 aromatic heterocycles. The van der Waals surface area contributed by atoms with Gasteiger partial charge in [-0.3, -0.25) is 4.79 Å². The Morgan fingerprint density at radius 2 is 2.33 bits per heavy atom. The lowest BCUT2D eigenvalue weighted by atomic mass is 10.0. The number of carbonyl (C=O) groups is 1. The minimum Gasteiger partial charge on any atom is -0.376 e. The number of benzene rings is 1. The van der Waals surface area contributed by atoms with Crippen LogP contribution in [0.3, 0.4) is 0 Å². The van der Waals surface area contributed by atoms with Crippen LogP contribution >= 0.6 is 0 Å². The van der Waals surface area contributed by atoms with Crippen LogP contribution in [0.1, 0.15) is 18.9 Å². The number of aromatic nitrogens is 1. The fourth-order valence-electron chi connectivity index (χ4n) is 2.84. The predicted molar refractivity (Wildman–Crippen MR) is 81.9 cm³/mol. The summed E-state index contributed by atoms with van der Waals surface area (Å²) in [7, 11) is 0. The van der Waals surface area contributed by atoms with Gasteiger partial charge in [-0.05, 0) is 31.4 Å². The maximum atomic E-state index is 12.2. The largest absolute Gasteiger partial charge is 0.376 e. The molecule has 1 fully saturated rings. The number of rotatable bonds is 4. The van der Waals surface area contributed by atoms with Gasteiger partial charge in [0.2, 0.25) is 5.91 Å². The first kappa shape index (κ1) is 14.1. The van der Waals surface area contributed by atoms with Gasteiger partial charge in [-0.2, -0.15) is 0 Å². The topological polar surface area (TPSA) is 80.1 Å². The predicted octanol–water partition coefficient (Wildman–Crippen LogP) is 1.33. The average Bonchev–Trinajstić information content (AvgIpc) is 3.07. The summed E-state index contributed by atoms with van der Waals surface area (Å²) in [5.74, 6) is -0.109. The van der Waals surface area contributed by atoms with Gasteiger partial charge < -0.3 is 20.8 Å². The Morgan fingerprint density at radius 1 is 1.52 bits per heavy atom. The van der Waals surface area contributed by atoms with Crippen molar-refractivity contribution < 1.29 is 9.53 Å². The molecule has 3 atom stereocenters. The van der Waals surface area contributed by atoms with E-state index in [0.29, 0.717) is 13.0 Å². The van der Waals surface area contributed by atoms with E-state index in [9.17, 15) is 4.79 Å². The quantitative estimate of drug-likeness (QED) is 0.793. The second-order valence-corrected chi connectivity index (χ2v) is 5.65. The van der Waals surface area contributed by atoms with Crippen molar-refractivity contribution in [1.29, 1.82) is 0 Å². The van der Waals surface area contributed by atoms with Crippen molar-refractivity contribution in [2.45, 2.75) is 38.0 Å². The van der Waals surface area contributed by atoms with Crippen LogP contribution in [0.2, 0.25) is 0 Å². The molecular formula is C16H21N3O2. The number of hydrogen-bond acceptors (Lipinski definition) is 3. The third-order valence-corrected chi connectivity index (χ3v) is 4.16.